The van der Waals surface area contributed by atoms with E-state index >= 15 is 0 Å². The maximum absolute atomic E-state index is 12.3. The predicted octanol–water partition coefficient (Wildman–Crippen LogP) is 3.69. The van der Waals surface area contributed by atoms with Gasteiger partial charge in [-0.3, -0.25) is 4.79 Å². The summed E-state index contributed by atoms with van der Waals surface area (Å²) in [6.45, 7) is 0.222. The van der Waals surface area contributed by atoms with Crippen LogP contribution in [0.4, 0.5) is 0 Å². The van der Waals surface area contributed by atoms with Crippen molar-refractivity contribution in [2.24, 2.45) is 0 Å². The van der Waals surface area contributed by atoms with Gasteiger partial charge in [0.2, 0.25) is 10.0 Å². The van der Waals surface area contributed by atoms with E-state index in [-0.39, 0.29) is 30.0 Å². The van der Waals surface area contributed by atoms with Gasteiger partial charge in [-0.05, 0) is 61.2 Å². The minimum absolute atomic E-state index is 0.0247. The Labute approximate surface area is 183 Å². The van der Waals surface area contributed by atoms with E-state index in [4.69, 9.17) is 16.3 Å². The molecule has 1 aliphatic carbocycles. The zero-order valence-electron chi connectivity index (χ0n) is 16.8. The normalized spacial score (nSPS) is 15.0. The highest BCUT2D eigenvalue weighted by molar-refractivity contribution is 7.89. The van der Waals surface area contributed by atoms with Crippen LogP contribution in [0.1, 0.15) is 37.7 Å². The number of rotatable bonds is 9. The van der Waals surface area contributed by atoms with Gasteiger partial charge >= 0.3 is 0 Å². The van der Waals surface area contributed by atoms with E-state index in [2.05, 4.69) is 10.0 Å². The van der Waals surface area contributed by atoms with Gasteiger partial charge in [0.25, 0.3) is 5.91 Å². The van der Waals surface area contributed by atoms with Crippen LogP contribution in [0.3, 0.4) is 0 Å². The number of sulfonamides is 1. The Morgan fingerprint density at radius 1 is 1.07 bits per heavy atom. The van der Waals surface area contributed by atoms with Crippen LogP contribution in [0.2, 0.25) is 5.02 Å². The van der Waals surface area contributed by atoms with Gasteiger partial charge in [-0.15, -0.1) is 0 Å². The van der Waals surface area contributed by atoms with Crippen molar-refractivity contribution in [1.29, 1.82) is 0 Å². The highest BCUT2D eigenvalue weighted by Crippen LogP contribution is 2.18. The Morgan fingerprint density at radius 2 is 1.80 bits per heavy atom. The van der Waals surface area contributed by atoms with Crippen molar-refractivity contribution >= 4 is 27.5 Å². The fourth-order valence-electron chi connectivity index (χ4n) is 3.48. The van der Waals surface area contributed by atoms with Gasteiger partial charge in [0.1, 0.15) is 5.75 Å². The van der Waals surface area contributed by atoms with Gasteiger partial charge in [0.05, 0.1) is 4.90 Å². The molecule has 1 amide bonds. The molecular weight excluding hydrogens is 424 g/mol. The Hall–Kier alpha value is -2.09. The summed E-state index contributed by atoms with van der Waals surface area (Å²) in [6.07, 6.45) is 6.13. The van der Waals surface area contributed by atoms with E-state index in [1.165, 1.54) is 18.6 Å². The molecular formula is C22H27ClN2O4S. The third-order valence-corrected chi connectivity index (χ3v) is 6.80. The predicted molar refractivity (Wildman–Crippen MR) is 117 cm³/mol. The summed E-state index contributed by atoms with van der Waals surface area (Å²) in [5.74, 6) is 0.481. The summed E-state index contributed by atoms with van der Waals surface area (Å²) in [4.78, 5) is 12.3. The molecule has 8 heteroatoms. The summed E-state index contributed by atoms with van der Waals surface area (Å²) in [5, 5.41) is 3.51. The highest BCUT2D eigenvalue weighted by Gasteiger charge is 2.16. The lowest BCUT2D eigenvalue weighted by atomic mass is 9.95. The number of carbonyl (C=O) groups is 1. The zero-order valence-corrected chi connectivity index (χ0v) is 18.3. The zero-order chi connectivity index (χ0) is 21.4. The molecule has 1 aliphatic rings. The first-order valence-corrected chi connectivity index (χ1v) is 12.0. The topological polar surface area (TPSA) is 84.5 Å². The van der Waals surface area contributed by atoms with Crippen LogP contribution in [0, 0.1) is 0 Å². The van der Waals surface area contributed by atoms with Crippen LogP contribution >= 0.6 is 11.6 Å². The molecule has 0 bridgehead atoms. The second kappa shape index (κ2) is 10.8. The van der Waals surface area contributed by atoms with Gasteiger partial charge < -0.3 is 10.1 Å². The molecule has 0 heterocycles. The van der Waals surface area contributed by atoms with Gasteiger partial charge in [-0.25, -0.2) is 13.1 Å². The lowest BCUT2D eigenvalue weighted by molar-refractivity contribution is -0.124. The Bertz CT molecular complexity index is 942. The number of carbonyl (C=O) groups excluding carboxylic acids is 1. The SMILES string of the molecule is O=C(COc1cccc(CCNS(=O)(=O)c2ccc(Cl)cc2)c1)NC1CCCCC1. The third-order valence-electron chi connectivity index (χ3n) is 5.07. The van der Waals surface area contributed by atoms with E-state index in [0.29, 0.717) is 17.2 Å². The minimum Gasteiger partial charge on any atom is -0.484 e. The van der Waals surface area contributed by atoms with Crippen molar-refractivity contribution in [3.63, 3.8) is 0 Å². The summed E-state index contributed by atoms with van der Waals surface area (Å²) in [6, 6.07) is 13.6. The number of hydrogen-bond acceptors (Lipinski definition) is 4. The van der Waals surface area contributed by atoms with Gasteiger partial charge in [-0.2, -0.15) is 0 Å². The van der Waals surface area contributed by atoms with Gasteiger partial charge in [0, 0.05) is 17.6 Å². The van der Waals surface area contributed by atoms with E-state index < -0.39 is 10.0 Å². The summed E-state index contributed by atoms with van der Waals surface area (Å²) in [7, 11) is -3.59. The maximum Gasteiger partial charge on any atom is 0.258 e. The Morgan fingerprint density at radius 3 is 2.53 bits per heavy atom. The maximum atomic E-state index is 12.3. The monoisotopic (exact) mass is 450 g/mol. The molecule has 0 aromatic heterocycles. The Kier molecular flexibility index (Phi) is 8.13. The van der Waals surface area contributed by atoms with E-state index in [0.717, 1.165) is 31.2 Å². The van der Waals surface area contributed by atoms with Gasteiger partial charge in [-0.1, -0.05) is 43.0 Å². The number of halogens is 1. The molecule has 162 valence electrons. The minimum atomic E-state index is -3.59. The third kappa shape index (κ3) is 7.00. The number of ether oxygens (including phenoxy) is 1. The number of nitrogens with one attached hydrogen (secondary N) is 2. The van der Waals surface area contributed by atoms with Crippen molar-refractivity contribution in [2.75, 3.05) is 13.2 Å². The molecule has 3 rings (SSSR count). The van der Waals surface area contributed by atoms with E-state index in [9.17, 15) is 13.2 Å². The first-order chi connectivity index (χ1) is 14.4. The average molecular weight is 451 g/mol. The van der Waals surface area contributed by atoms with Crippen LogP contribution in [-0.4, -0.2) is 33.5 Å². The summed E-state index contributed by atoms with van der Waals surface area (Å²) in [5.41, 5.74) is 0.916. The summed E-state index contributed by atoms with van der Waals surface area (Å²) >= 11 is 5.80. The van der Waals surface area contributed by atoms with E-state index in [1.807, 2.05) is 18.2 Å². The largest absolute Gasteiger partial charge is 0.484 e. The quantitative estimate of drug-likeness (QED) is 0.610. The first-order valence-electron chi connectivity index (χ1n) is 10.2. The van der Waals surface area contributed by atoms with Gasteiger partial charge in [0.15, 0.2) is 6.61 Å². The van der Waals surface area contributed by atoms with E-state index in [1.54, 1.807) is 18.2 Å². The molecule has 6 nitrogen and oxygen atoms in total. The first kappa shape index (κ1) is 22.6. The summed E-state index contributed by atoms with van der Waals surface area (Å²) < 4.78 is 32.8. The fraction of sp³-hybridized carbons (Fsp3) is 0.409. The van der Waals surface area contributed by atoms with Crippen molar-refractivity contribution in [3.8, 4) is 5.75 Å². The van der Waals surface area contributed by atoms with Crippen LogP contribution in [0.25, 0.3) is 0 Å². The standard InChI is InChI=1S/C22H27ClN2O4S/c23-18-9-11-21(12-10-18)30(27,28)24-14-13-17-5-4-8-20(15-17)29-16-22(26)25-19-6-2-1-3-7-19/h4-5,8-12,15,19,24H,1-3,6-7,13-14,16H2,(H,25,26). The highest BCUT2D eigenvalue weighted by atomic mass is 35.5. The molecule has 2 N–H and O–H groups in total. The number of hydrogen-bond donors (Lipinski definition) is 2. The lowest BCUT2D eigenvalue weighted by Crippen LogP contribution is -2.38. The molecule has 0 aliphatic heterocycles. The van der Waals surface area contributed by atoms with Crippen LogP contribution in [-0.2, 0) is 21.2 Å². The lowest BCUT2D eigenvalue weighted by Gasteiger charge is -2.22. The molecule has 1 saturated carbocycles. The van der Waals surface area contributed by atoms with Crippen LogP contribution < -0.4 is 14.8 Å². The number of amides is 1. The van der Waals surface area contributed by atoms with Crippen molar-refractivity contribution in [2.45, 2.75) is 49.5 Å². The molecule has 0 radical (unpaired) electrons. The molecule has 0 atom stereocenters. The molecule has 2 aromatic carbocycles. The fourth-order valence-corrected chi connectivity index (χ4v) is 4.64. The Balaban J connectivity index is 1.45. The molecule has 0 saturated heterocycles. The van der Waals surface area contributed by atoms with Crippen molar-refractivity contribution < 1.29 is 17.9 Å². The second-order valence-corrected chi connectivity index (χ2v) is 9.64. The van der Waals surface area contributed by atoms with Crippen molar-refractivity contribution in [1.82, 2.24) is 10.0 Å². The molecule has 2 aromatic rings. The molecule has 0 unspecified atom stereocenters. The smallest absolute Gasteiger partial charge is 0.258 e. The second-order valence-electron chi connectivity index (χ2n) is 7.44. The average Bonchev–Trinajstić information content (AvgIpc) is 2.73. The molecule has 1 fully saturated rings. The number of benzene rings is 2. The van der Waals surface area contributed by atoms with Crippen LogP contribution in [0.5, 0.6) is 5.75 Å². The van der Waals surface area contributed by atoms with Crippen LogP contribution in [0.15, 0.2) is 53.4 Å². The molecule has 0 spiro atoms. The van der Waals surface area contributed by atoms with Crippen molar-refractivity contribution in [3.05, 3.63) is 59.1 Å². The molecule has 30 heavy (non-hydrogen) atoms.